The summed E-state index contributed by atoms with van der Waals surface area (Å²) in [7, 11) is -3.78. The molecule has 158 valence electrons. The predicted octanol–water partition coefficient (Wildman–Crippen LogP) is 4.53. The van der Waals surface area contributed by atoms with Crippen molar-refractivity contribution in [2.75, 3.05) is 4.72 Å². The maximum Gasteiger partial charge on any atom is 0.262 e. The molecule has 0 saturated heterocycles. The van der Waals surface area contributed by atoms with Crippen molar-refractivity contribution < 1.29 is 13.2 Å². The van der Waals surface area contributed by atoms with Crippen LogP contribution in [0.4, 0.5) is 5.69 Å². The molecule has 0 aliphatic carbocycles. The summed E-state index contributed by atoms with van der Waals surface area (Å²) >= 11 is 5.95. The molecule has 31 heavy (non-hydrogen) atoms. The molecule has 2 aromatic carbocycles. The van der Waals surface area contributed by atoms with E-state index in [4.69, 9.17) is 16.3 Å². The lowest BCUT2D eigenvalue weighted by atomic mass is 10.2. The van der Waals surface area contributed by atoms with E-state index in [-0.39, 0.29) is 4.90 Å². The highest BCUT2D eigenvalue weighted by Crippen LogP contribution is 2.26. The van der Waals surface area contributed by atoms with E-state index in [1.807, 2.05) is 11.5 Å². The van der Waals surface area contributed by atoms with Gasteiger partial charge in [0.2, 0.25) is 5.88 Å². The Kier molecular flexibility index (Phi) is 5.62. The van der Waals surface area contributed by atoms with Crippen molar-refractivity contribution in [1.82, 2.24) is 19.5 Å². The first kappa shape index (κ1) is 20.8. The van der Waals surface area contributed by atoms with Crippen molar-refractivity contribution in [3.8, 4) is 17.4 Å². The molecule has 4 rings (SSSR count). The number of hydrogen-bond donors (Lipinski definition) is 1. The highest BCUT2D eigenvalue weighted by molar-refractivity contribution is 7.92. The Morgan fingerprint density at radius 3 is 2.48 bits per heavy atom. The summed E-state index contributed by atoms with van der Waals surface area (Å²) in [5, 5.41) is 0.352. The normalized spacial score (nSPS) is 11.3. The van der Waals surface area contributed by atoms with Crippen LogP contribution in [-0.2, 0) is 10.0 Å². The summed E-state index contributed by atoms with van der Waals surface area (Å²) in [6.45, 7) is 3.58. The summed E-state index contributed by atoms with van der Waals surface area (Å²) in [6.07, 6.45) is 4.88. The molecule has 0 saturated carbocycles. The van der Waals surface area contributed by atoms with Crippen LogP contribution in [0.2, 0.25) is 5.02 Å². The van der Waals surface area contributed by atoms with Gasteiger partial charge in [0, 0.05) is 29.2 Å². The van der Waals surface area contributed by atoms with Crippen molar-refractivity contribution in [2.45, 2.75) is 18.7 Å². The number of hydrogen-bond acceptors (Lipinski definition) is 6. The Bertz CT molecular complexity index is 1340. The zero-order valence-electron chi connectivity index (χ0n) is 16.7. The molecule has 0 unspecified atom stereocenters. The van der Waals surface area contributed by atoms with Crippen LogP contribution in [-0.4, -0.2) is 27.9 Å². The average molecular weight is 456 g/mol. The van der Waals surface area contributed by atoms with Crippen LogP contribution in [0.25, 0.3) is 5.82 Å². The van der Waals surface area contributed by atoms with Crippen molar-refractivity contribution in [3.63, 3.8) is 0 Å². The molecular formula is C21H18ClN5O3S. The molecule has 2 heterocycles. The summed E-state index contributed by atoms with van der Waals surface area (Å²) in [4.78, 5) is 12.7. The summed E-state index contributed by atoms with van der Waals surface area (Å²) < 4.78 is 35.5. The molecule has 0 fully saturated rings. The number of rotatable bonds is 6. The Labute approximate surface area is 184 Å². The van der Waals surface area contributed by atoms with Crippen LogP contribution < -0.4 is 9.46 Å². The van der Waals surface area contributed by atoms with Crippen molar-refractivity contribution >= 4 is 27.3 Å². The molecule has 2 aromatic heterocycles. The smallest absolute Gasteiger partial charge is 0.262 e. The quantitative estimate of drug-likeness (QED) is 0.458. The maximum absolute atomic E-state index is 12.7. The van der Waals surface area contributed by atoms with E-state index in [0.29, 0.717) is 33.7 Å². The molecule has 0 atom stereocenters. The van der Waals surface area contributed by atoms with Crippen LogP contribution >= 0.6 is 11.6 Å². The highest BCUT2D eigenvalue weighted by atomic mass is 35.5. The Morgan fingerprint density at radius 2 is 1.77 bits per heavy atom. The van der Waals surface area contributed by atoms with Gasteiger partial charge in [-0.1, -0.05) is 17.7 Å². The largest absolute Gasteiger partial charge is 0.439 e. The van der Waals surface area contributed by atoms with E-state index in [1.165, 1.54) is 12.4 Å². The number of halogens is 1. The SMILES string of the molecule is Cc1ccc(Cl)cc1S(=O)(=O)Nc1ccc(Oc2cc(-n3ccnc3C)ncn2)cc1. The first-order chi connectivity index (χ1) is 14.8. The fourth-order valence-electron chi connectivity index (χ4n) is 2.92. The Hall–Kier alpha value is -3.43. The number of nitrogens with one attached hydrogen (secondary N) is 1. The van der Waals surface area contributed by atoms with Gasteiger partial charge in [0.15, 0.2) is 0 Å². The summed E-state index contributed by atoms with van der Waals surface area (Å²) in [6, 6.07) is 12.9. The first-order valence-corrected chi connectivity index (χ1v) is 11.1. The van der Waals surface area contributed by atoms with E-state index in [0.717, 1.165) is 5.82 Å². The Morgan fingerprint density at radius 1 is 1.00 bits per heavy atom. The van der Waals surface area contributed by atoms with E-state index >= 15 is 0 Å². The fourth-order valence-corrected chi connectivity index (χ4v) is 4.49. The van der Waals surface area contributed by atoms with Gasteiger partial charge in [-0.25, -0.2) is 23.4 Å². The van der Waals surface area contributed by atoms with E-state index in [9.17, 15) is 8.42 Å². The van der Waals surface area contributed by atoms with Crippen molar-refractivity contribution in [3.05, 3.63) is 83.7 Å². The molecule has 1 N–H and O–H groups in total. The lowest BCUT2D eigenvalue weighted by molar-refractivity contribution is 0.461. The zero-order valence-corrected chi connectivity index (χ0v) is 18.2. The zero-order chi connectivity index (χ0) is 22.0. The number of anilines is 1. The number of ether oxygens (including phenoxy) is 1. The monoisotopic (exact) mass is 455 g/mol. The van der Waals surface area contributed by atoms with Crippen LogP contribution in [0, 0.1) is 13.8 Å². The third-order valence-electron chi connectivity index (χ3n) is 4.47. The Balaban J connectivity index is 1.50. The first-order valence-electron chi connectivity index (χ1n) is 9.21. The van der Waals surface area contributed by atoms with E-state index in [2.05, 4.69) is 19.7 Å². The number of sulfonamides is 1. The molecule has 0 spiro atoms. The lowest BCUT2D eigenvalue weighted by Crippen LogP contribution is -2.14. The van der Waals surface area contributed by atoms with Gasteiger partial charge in [-0.3, -0.25) is 9.29 Å². The fraction of sp³-hybridized carbons (Fsp3) is 0.0952. The molecule has 10 heteroatoms. The molecule has 8 nitrogen and oxygen atoms in total. The number of aromatic nitrogens is 4. The summed E-state index contributed by atoms with van der Waals surface area (Å²) in [5.74, 6) is 2.26. The molecule has 0 radical (unpaired) electrons. The van der Waals surface area contributed by atoms with Crippen LogP contribution in [0.1, 0.15) is 11.4 Å². The van der Waals surface area contributed by atoms with Crippen LogP contribution in [0.5, 0.6) is 11.6 Å². The van der Waals surface area contributed by atoms with Gasteiger partial charge in [-0.2, -0.15) is 0 Å². The third kappa shape index (κ3) is 4.68. The molecule has 4 aromatic rings. The second-order valence-electron chi connectivity index (χ2n) is 6.70. The van der Waals surface area contributed by atoms with Crippen LogP contribution in [0.3, 0.4) is 0 Å². The van der Waals surface area contributed by atoms with Gasteiger partial charge < -0.3 is 4.74 Å². The molecule has 0 amide bonds. The number of aryl methyl sites for hydroxylation is 2. The van der Waals surface area contributed by atoms with Crippen molar-refractivity contribution in [2.24, 2.45) is 0 Å². The van der Waals surface area contributed by atoms with E-state index in [1.54, 1.807) is 61.8 Å². The van der Waals surface area contributed by atoms with Gasteiger partial charge in [0.1, 0.15) is 23.7 Å². The van der Waals surface area contributed by atoms with Gasteiger partial charge in [0.05, 0.1) is 4.90 Å². The van der Waals surface area contributed by atoms with Gasteiger partial charge in [-0.15, -0.1) is 0 Å². The molecular weight excluding hydrogens is 438 g/mol. The molecule has 0 aliphatic heterocycles. The summed E-state index contributed by atoms with van der Waals surface area (Å²) in [5.41, 5.74) is 0.994. The molecule has 0 aliphatic rings. The highest BCUT2D eigenvalue weighted by Gasteiger charge is 2.17. The standard InChI is InChI=1S/C21H18ClN5O3S/c1-14-3-4-16(22)11-19(14)31(28,29)26-17-5-7-18(8-6-17)30-21-12-20(24-13-25-21)27-10-9-23-15(27)2/h3-13,26H,1-2H3. The van der Waals surface area contributed by atoms with E-state index < -0.39 is 10.0 Å². The average Bonchev–Trinajstić information content (AvgIpc) is 3.17. The van der Waals surface area contributed by atoms with Gasteiger partial charge >= 0.3 is 0 Å². The maximum atomic E-state index is 12.7. The molecule has 0 bridgehead atoms. The van der Waals surface area contributed by atoms with Gasteiger partial charge in [0.25, 0.3) is 10.0 Å². The second-order valence-corrected chi connectivity index (χ2v) is 8.79. The minimum absolute atomic E-state index is 0.128. The number of nitrogens with zero attached hydrogens (tertiary/aromatic N) is 4. The number of benzene rings is 2. The topological polar surface area (TPSA) is 99.0 Å². The third-order valence-corrected chi connectivity index (χ3v) is 6.23. The number of imidazole rings is 1. The van der Waals surface area contributed by atoms with Crippen LogP contribution in [0.15, 0.2) is 72.1 Å². The lowest BCUT2D eigenvalue weighted by Gasteiger charge is -2.12. The minimum Gasteiger partial charge on any atom is -0.439 e. The predicted molar refractivity (Wildman–Crippen MR) is 117 cm³/mol. The minimum atomic E-state index is -3.78. The van der Waals surface area contributed by atoms with Gasteiger partial charge in [-0.05, 0) is 55.8 Å². The van der Waals surface area contributed by atoms with Crippen molar-refractivity contribution in [1.29, 1.82) is 0 Å². The second kappa shape index (κ2) is 8.37.